The van der Waals surface area contributed by atoms with Crippen LogP contribution in [-0.4, -0.2) is 34.0 Å². The number of hydrogen-bond acceptors (Lipinski definition) is 6. The van der Waals surface area contributed by atoms with Crippen LogP contribution in [-0.2, 0) is 22.5 Å². The van der Waals surface area contributed by atoms with Crippen molar-refractivity contribution in [1.29, 1.82) is 0 Å². The fourth-order valence-corrected chi connectivity index (χ4v) is 5.90. The van der Waals surface area contributed by atoms with Crippen molar-refractivity contribution in [2.75, 3.05) is 11.9 Å². The molecule has 2 amide bonds. The summed E-state index contributed by atoms with van der Waals surface area (Å²) in [5.41, 5.74) is 3.77. The van der Waals surface area contributed by atoms with Crippen molar-refractivity contribution < 1.29 is 14.3 Å². The van der Waals surface area contributed by atoms with Gasteiger partial charge in [0.15, 0.2) is 0 Å². The van der Waals surface area contributed by atoms with Gasteiger partial charge in [0.2, 0.25) is 5.91 Å². The number of ether oxygens (including phenoxy) is 1. The maximum absolute atomic E-state index is 12.5. The van der Waals surface area contributed by atoms with E-state index in [9.17, 15) is 9.59 Å². The molecule has 2 aromatic heterocycles. The Morgan fingerprint density at radius 1 is 1.23 bits per heavy atom. The predicted octanol–water partition coefficient (Wildman–Crippen LogP) is 5.58. The fraction of sp³-hybridized carbons (Fsp3) is 0.409. The topological polar surface area (TPSA) is 71.5 Å². The number of benzene rings is 1. The van der Waals surface area contributed by atoms with E-state index < -0.39 is 5.60 Å². The molecule has 0 radical (unpaired) electrons. The molecule has 3 aromatic rings. The quantitative estimate of drug-likeness (QED) is 0.561. The summed E-state index contributed by atoms with van der Waals surface area (Å²) in [6.07, 6.45) is 0.397. The Labute approximate surface area is 183 Å². The first-order valence-electron chi connectivity index (χ1n) is 9.88. The summed E-state index contributed by atoms with van der Waals surface area (Å²) in [7, 11) is 0. The average Bonchev–Trinajstić information content (AvgIpc) is 3.18. The molecule has 30 heavy (non-hydrogen) atoms. The van der Waals surface area contributed by atoms with Crippen LogP contribution in [0.3, 0.4) is 0 Å². The molecule has 0 fully saturated rings. The van der Waals surface area contributed by atoms with Crippen molar-refractivity contribution in [3.05, 3.63) is 34.2 Å². The fourth-order valence-electron chi connectivity index (χ4n) is 3.50. The van der Waals surface area contributed by atoms with E-state index in [1.165, 1.54) is 29.4 Å². The minimum Gasteiger partial charge on any atom is -0.444 e. The number of nitrogens with zero attached hydrogens (tertiary/aromatic N) is 2. The van der Waals surface area contributed by atoms with E-state index in [-0.39, 0.29) is 12.0 Å². The SMILES string of the molecule is CC(=O)Nc1sc2c(c1-c1nc3cc(C)ccc3s1)CCN(C(=O)OC(C)(C)C)C2. The summed E-state index contributed by atoms with van der Waals surface area (Å²) in [5.74, 6) is -0.115. The Hall–Kier alpha value is -2.45. The number of rotatable bonds is 2. The van der Waals surface area contributed by atoms with E-state index in [0.717, 1.165) is 30.7 Å². The van der Waals surface area contributed by atoms with Crippen LogP contribution < -0.4 is 5.32 Å². The number of hydrogen-bond donors (Lipinski definition) is 1. The molecule has 3 heterocycles. The first-order chi connectivity index (χ1) is 14.1. The van der Waals surface area contributed by atoms with Crippen LogP contribution in [0.25, 0.3) is 20.8 Å². The van der Waals surface area contributed by atoms with Gasteiger partial charge in [-0.3, -0.25) is 4.79 Å². The highest BCUT2D eigenvalue weighted by Gasteiger charge is 2.31. The third-order valence-corrected chi connectivity index (χ3v) is 6.94. The second-order valence-electron chi connectivity index (χ2n) is 8.53. The summed E-state index contributed by atoms with van der Waals surface area (Å²) in [6.45, 7) is 10.2. The monoisotopic (exact) mass is 443 g/mol. The normalized spacial score (nSPS) is 14.0. The summed E-state index contributed by atoms with van der Waals surface area (Å²) in [6, 6.07) is 6.25. The molecule has 0 saturated heterocycles. The number of aromatic nitrogens is 1. The third kappa shape index (κ3) is 4.20. The second kappa shape index (κ2) is 7.67. The molecule has 1 aliphatic rings. The zero-order valence-electron chi connectivity index (χ0n) is 17.8. The Morgan fingerprint density at radius 3 is 2.70 bits per heavy atom. The zero-order chi connectivity index (χ0) is 21.6. The van der Waals surface area contributed by atoms with Crippen molar-refractivity contribution >= 4 is 49.9 Å². The van der Waals surface area contributed by atoms with Gasteiger partial charge in [0.1, 0.15) is 15.6 Å². The molecule has 0 unspecified atom stereocenters. The highest BCUT2D eigenvalue weighted by atomic mass is 32.1. The number of thiazole rings is 1. The first-order valence-corrected chi connectivity index (χ1v) is 11.5. The van der Waals surface area contributed by atoms with Crippen molar-refractivity contribution in [1.82, 2.24) is 9.88 Å². The van der Waals surface area contributed by atoms with Gasteiger partial charge in [0.05, 0.1) is 16.8 Å². The number of carbonyl (C=O) groups is 2. The molecule has 8 heteroatoms. The maximum Gasteiger partial charge on any atom is 0.410 e. The molecular weight excluding hydrogens is 418 g/mol. The van der Waals surface area contributed by atoms with Crippen LogP contribution in [0.4, 0.5) is 9.80 Å². The van der Waals surface area contributed by atoms with Crippen LogP contribution >= 0.6 is 22.7 Å². The molecular formula is C22H25N3O3S2. The van der Waals surface area contributed by atoms with Crippen LogP contribution in [0.1, 0.15) is 43.7 Å². The number of aryl methyl sites for hydroxylation is 1. The van der Waals surface area contributed by atoms with Crippen LogP contribution in [0.2, 0.25) is 0 Å². The van der Waals surface area contributed by atoms with Gasteiger partial charge in [-0.05, 0) is 57.4 Å². The molecule has 0 atom stereocenters. The van der Waals surface area contributed by atoms with Gasteiger partial charge in [-0.25, -0.2) is 9.78 Å². The first kappa shape index (κ1) is 20.8. The van der Waals surface area contributed by atoms with Gasteiger partial charge >= 0.3 is 6.09 Å². The molecule has 0 bridgehead atoms. The number of nitrogens with one attached hydrogen (secondary N) is 1. The van der Waals surface area contributed by atoms with E-state index in [2.05, 4.69) is 30.4 Å². The van der Waals surface area contributed by atoms with Gasteiger partial charge in [-0.15, -0.1) is 22.7 Å². The van der Waals surface area contributed by atoms with E-state index in [1.54, 1.807) is 16.2 Å². The maximum atomic E-state index is 12.5. The molecule has 0 aliphatic carbocycles. The molecule has 158 valence electrons. The molecule has 4 rings (SSSR count). The van der Waals surface area contributed by atoms with E-state index in [4.69, 9.17) is 9.72 Å². The lowest BCUT2D eigenvalue weighted by Crippen LogP contribution is -2.39. The number of fused-ring (bicyclic) bond motifs is 2. The standard InChI is InChI=1S/C22H25N3O3S2/c1-12-6-7-16-15(10-12)24-20(29-16)18-14-8-9-25(21(27)28-22(3,4)5)11-17(14)30-19(18)23-13(2)26/h6-7,10H,8-9,11H2,1-5H3,(H,23,26). The average molecular weight is 444 g/mol. The Balaban J connectivity index is 1.73. The van der Waals surface area contributed by atoms with Crippen molar-refractivity contribution in [3.8, 4) is 10.6 Å². The predicted molar refractivity (Wildman–Crippen MR) is 122 cm³/mol. The molecule has 6 nitrogen and oxygen atoms in total. The van der Waals surface area contributed by atoms with Gasteiger partial charge in [-0.1, -0.05) is 6.07 Å². The van der Waals surface area contributed by atoms with Crippen LogP contribution in [0.15, 0.2) is 18.2 Å². The van der Waals surface area contributed by atoms with Crippen molar-refractivity contribution in [2.45, 2.75) is 53.2 Å². The summed E-state index contributed by atoms with van der Waals surface area (Å²) in [5, 5.41) is 4.68. The molecule has 0 saturated carbocycles. The number of carbonyl (C=O) groups excluding carboxylic acids is 2. The Kier molecular flexibility index (Phi) is 5.32. The lowest BCUT2D eigenvalue weighted by atomic mass is 10.0. The van der Waals surface area contributed by atoms with Crippen LogP contribution in [0, 0.1) is 6.92 Å². The van der Waals surface area contributed by atoms with Crippen molar-refractivity contribution in [3.63, 3.8) is 0 Å². The largest absolute Gasteiger partial charge is 0.444 e. The lowest BCUT2D eigenvalue weighted by molar-refractivity contribution is -0.114. The van der Waals surface area contributed by atoms with E-state index in [1.807, 2.05) is 20.8 Å². The smallest absolute Gasteiger partial charge is 0.410 e. The zero-order valence-corrected chi connectivity index (χ0v) is 19.4. The summed E-state index contributed by atoms with van der Waals surface area (Å²) >= 11 is 3.15. The number of amides is 2. The summed E-state index contributed by atoms with van der Waals surface area (Å²) < 4.78 is 6.66. The molecule has 0 spiro atoms. The lowest BCUT2D eigenvalue weighted by Gasteiger charge is -2.30. The minimum atomic E-state index is -0.529. The number of anilines is 1. The van der Waals surface area contributed by atoms with E-state index >= 15 is 0 Å². The minimum absolute atomic E-state index is 0.115. The highest BCUT2D eigenvalue weighted by molar-refractivity contribution is 7.22. The van der Waals surface area contributed by atoms with Gasteiger partial charge in [0, 0.05) is 23.9 Å². The van der Waals surface area contributed by atoms with Crippen LogP contribution in [0.5, 0.6) is 0 Å². The summed E-state index contributed by atoms with van der Waals surface area (Å²) in [4.78, 5) is 32.1. The second-order valence-corrected chi connectivity index (χ2v) is 10.7. The van der Waals surface area contributed by atoms with Gasteiger partial charge in [-0.2, -0.15) is 0 Å². The highest BCUT2D eigenvalue weighted by Crippen LogP contribution is 2.45. The van der Waals surface area contributed by atoms with E-state index in [0.29, 0.717) is 19.5 Å². The van der Waals surface area contributed by atoms with Gasteiger partial charge in [0.25, 0.3) is 0 Å². The Morgan fingerprint density at radius 2 is 2.00 bits per heavy atom. The molecule has 1 N–H and O–H groups in total. The molecule has 1 aromatic carbocycles. The van der Waals surface area contributed by atoms with Crippen molar-refractivity contribution in [2.24, 2.45) is 0 Å². The number of thiophene rings is 1. The Bertz CT molecular complexity index is 1140. The van der Waals surface area contributed by atoms with Gasteiger partial charge < -0.3 is 15.0 Å². The molecule has 1 aliphatic heterocycles. The third-order valence-electron chi connectivity index (χ3n) is 4.76.